The normalized spacial score (nSPS) is 17.5. The van der Waals surface area contributed by atoms with Crippen LogP contribution >= 0.6 is 11.3 Å². The van der Waals surface area contributed by atoms with Crippen molar-refractivity contribution in [2.24, 2.45) is 5.92 Å². The van der Waals surface area contributed by atoms with E-state index in [0.29, 0.717) is 18.1 Å². The molecule has 0 spiro atoms. The molecule has 0 bridgehead atoms. The van der Waals surface area contributed by atoms with Crippen LogP contribution in [0.5, 0.6) is 0 Å². The molecule has 1 fully saturated rings. The van der Waals surface area contributed by atoms with Crippen LogP contribution in [0.15, 0.2) is 30.3 Å². The Morgan fingerprint density at radius 3 is 2.75 bits per heavy atom. The molecule has 6 nitrogen and oxygen atoms in total. The van der Waals surface area contributed by atoms with E-state index in [2.05, 4.69) is 15.5 Å². The van der Waals surface area contributed by atoms with Crippen LogP contribution in [0.25, 0.3) is 0 Å². The van der Waals surface area contributed by atoms with Crippen LogP contribution in [0.2, 0.25) is 0 Å². The molecule has 3 rings (SSSR count). The zero-order valence-electron chi connectivity index (χ0n) is 13.7. The zero-order chi connectivity index (χ0) is 17.1. The summed E-state index contributed by atoms with van der Waals surface area (Å²) in [6, 6.07) is 10.1. The van der Waals surface area contributed by atoms with Crippen molar-refractivity contribution in [1.82, 2.24) is 15.1 Å². The van der Waals surface area contributed by atoms with Crippen molar-refractivity contribution in [2.45, 2.75) is 32.7 Å². The number of benzene rings is 1. The molecule has 0 radical (unpaired) electrons. The second kappa shape index (κ2) is 7.09. The molecule has 7 heteroatoms. The van der Waals surface area contributed by atoms with E-state index in [4.69, 9.17) is 0 Å². The minimum absolute atomic E-state index is 0.0344. The van der Waals surface area contributed by atoms with E-state index in [-0.39, 0.29) is 30.2 Å². The lowest BCUT2D eigenvalue weighted by Crippen LogP contribution is -2.33. The lowest BCUT2D eigenvalue weighted by molar-refractivity contribution is -0.129. The first-order valence-corrected chi connectivity index (χ1v) is 8.81. The summed E-state index contributed by atoms with van der Waals surface area (Å²) in [6.07, 6.45) is 0.955. The molecule has 1 aromatic carbocycles. The molecule has 1 aliphatic heterocycles. The number of hydrogen-bond donors (Lipinski definition) is 1. The summed E-state index contributed by atoms with van der Waals surface area (Å²) in [6.45, 7) is 4.38. The summed E-state index contributed by atoms with van der Waals surface area (Å²) in [7, 11) is 0. The second-order valence-electron chi connectivity index (χ2n) is 6.19. The third-order valence-corrected chi connectivity index (χ3v) is 4.89. The Labute approximate surface area is 144 Å². The molecule has 2 aromatic rings. The smallest absolute Gasteiger partial charge is 0.231 e. The Morgan fingerprint density at radius 1 is 1.33 bits per heavy atom. The van der Waals surface area contributed by atoms with Gasteiger partial charge in [0.05, 0.1) is 5.92 Å². The quantitative estimate of drug-likeness (QED) is 0.903. The number of rotatable bonds is 5. The van der Waals surface area contributed by atoms with Gasteiger partial charge < -0.3 is 10.2 Å². The van der Waals surface area contributed by atoms with Crippen LogP contribution in [0, 0.1) is 5.92 Å². The summed E-state index contributed by atoms with van der Waals surface area (Å²) < 4.78 is 0. The van der Waals surface area contributed by atoms with E-state index < -0.39 is 0 Å². The molecule has 1 saturated heterocycles. The van der Waals surface area contributed by atoms with E-state index in [9.17, 15) is 9.59 Å². The van der Waals surface area contributed by atoms with E-state index in [1.807, 2.05) is 44.2 Å². The topological polar surface area (TPSA) is 75.2 Å². The monoisotopic (exact) mass is 344 g/mol. The molecular formula is C17H20N4O2S. The average molecular weight is 344 g/mol. The number of hydrogen-bond acceptors (Lipinski definition) is 5. The molecule has 1 unspecified atom stereocenters. The van der Waals surface area contributed by atoms with Gasteiger partial charge >= 0.3 is 0 Å². The van der Waals surface area contributed by atoms with Crippen molar-refractivity contribution in [1.29, 1.82) is 0 Å². The first-order chi connectivity index (χ1) is 11.5. The number of aromatic nitrogens is 2. The number of likely N-dealkylation sites (tertiary alicyclic amines) is 1. The third kappa shape index (κ3) is 3.79. The fourth-order valence-electron chi connectivity index (χ4n) is 2.76. The van der Waals surface area contributed by atoms with Gasteiger partial charge in [-0.05, 0) is 19.4 Å². The first kappa shape index (κ1) is 16.6. The lowest BCUT2D eigenvalue weighted by atomic mass is 10.1. The molecular weight excluding hydrogens is 324 g/mol. The SMILES string of the molecule is CC(C)N1CC(C(=O)Nc2nnc(Cc3ccccc3)s2)CC1=O. The van der Waals surface area contributed by atoms with Gasteiger partial charge in [0, 0.05) is 25.4 Å². The van der Waals surface area contributed by atoms with E-state index in [0.717, 1.165) is 10.6 Å². The molecule has 2 heterocycles. The highest BCUT2D eigenvalue weighted by Crippen LogP contribution is 2.23. The van der Waals surface area contributed by atoms with Crippen molar-refractivity contribution < 1.29 is 9.59 Å². The zero-order valence-corrected chi connectivity index (χ0v) is 14.5. The fourth-order valence-corrected chi connectivity index (χ4v) is 3.54. The van der Waals surface area contributed by atoms with E-state index >= 15 is 0 Å². The fraction of sp³-hybridized carbons (Fsp3) is 0.412. The van der Waals surface area contributed by atoms with Crippen LogP contribution in [-0.4, -0.2) is 39.5 Å². The van der Waals surface area contributed by atoms with Gasteiger partial charge in [0.2, 0.25) is 16.9 Å². The summed E-state index contributed by atoms with van der Waals surface area (Å²) >= 11 is 1.37. The van der Waals surface area contributed by atoms with E-state index in [1.54, 1.807) is 4.90 Å². The molecule has 126 valence electrons. The van der Waals surface area contributed by atoms with Gasteiger partial charge in [-0.15, -0.1) is 10.2 Å². The highest BCUT2D eigenvalue weighted by molar-refractivity contribution is 7.15. The Hall–Kier alpha value is -2.28. The number of anilines is 1. The Balaban J connectivity index is 1.59. The number of carbonyl (C=O) groups is 2. The molecule has 24 heavy (non-hydrogen) atoms. The average Bonchev–Trinajstić information content (AvgIpc) is 3.15. The maximum atomic E-state index is 12.3. The molecule has 1 N–H and O–H groups in total. The van der Waals surface area contributed by atoms with Gasteiger partial charge in [0.1, 0.15) is 5.01 Å². The van der Waals surface area contributed by atoms with Gasteiger partial charge in [-0.2, -0.15) is 0 Å². The van der Waals surface area contributed by atoms with Crippen LogP contribution < -0.4 is 5.32 Å². The molecule has 2 amide bonds. The largest absolute Gasteiger partial charge is 0.339 e. The molecule has 0 aliphatic carbocycles. The predicted octanol–water partition coefficient (Wildman–Crippen LogP) is 2.32. The summed E-state index contributed by atoms with van der Waals surface area (Å²) in [4.78, 5) is 26.0. The maximum absolute atomic E-state index is 12.3. The van der Waals surface area contributed by atoms with Crippen molar-refractivity contribution in [3.05, 3.63) is 40.9 Å². The number of nitrogens with one attached hydrogen (secondary N) is 1. The molecule has 1 aliphatic rings. The van der Waals surface area contributed by atoms with Gasteiger partial charge in [0.15, 0.2) is 0 Å². The van der Waals surface area contributed by atoms with Gasteiger partial charge in [0.25, 0.3) is 0 Å². The van der Waals surface area contributed by atoms with Crippen molar-refractivity contribution in [3.8, 4) is 0 Å². The van der Waals surface area contributed by atoms with Crippen molar-refractivity contribution >= 4 is 28.3 Å². The highest BCUT2D eigenvalue weighted by atomic mass is 32.1. The Kier molecular flexibility index (Phi) is 4.89. The van der Waals surface area contributed by atoms with Gasteiger partial charge in [-0.1, -0.05) is 41.7 Å². The molecule has 1 atom stereocenters. The molecule has 0 saturated carbocycles. The van der Waals surface area contributed by atoms with E-state index in [1.165, 1.54) is 11.3 Å². The minimum Gasteiger partial charge on any atom is -0.339 e. The van der Waals surface area contributed by atoms with Crippen LogP contribution in [0.1, 0.15) is 30.8 Å². The number of carbonyl (C=O) groups excluding carboxylic acids is 2. The maximum Gasteiger partial charge on any atom is 0.231 e. The number of nitrogens with zero attached hydrogens (tertiary/aromatic N) is 3. The van der Waals surface area contributed by atoms with Crippen molar-refractivity contribution in [3.63, 3.8) is 0 Å². The number of amides is 2. The minimum atomic E-state index is -0.318. The van der Waals surface area contributed by atoms with Crippen LogP contribution in [0.3, 0.4) is 0 Å². The lowest BCUT2D eigenvalue weighted by Gasteiger charge is -2.20. The highest BCUT2D eigenvalue weighted by Gasteiger charge is 2.35. The predicted molar refractivity (Wildman–Crippen MR) is 92.7 cm³/mol. The third-order valence-electron chi connectivity index (χ3n) is 4.05. The Bertz CT molecular complexity index is 729. The summed E-state index contributed by atoms with van der Waals surface area (Å²) in [5.74, 6) is -0.442. The van der Waals surface area contributed by atoms with Gasteiger partial charge in [-0.3, -0.25) is 9.59 Å². The van der Waals surface area contributed by atoms with Crippen LogP contribution in [-0.2, 0) is 16.0 Å². The van der Waals surface area contributed by atoms with Crippen molar-refractivity contribution in [2.75, 3.05) is 11.9 Å². The standard InChI is InChI=1S/C17H20N4O2S/c1-11(2)21-10-13(9-15(21)22)16(23)18-17-20-19-14(24-17)8-12-6-4-3-5-7-12/h3-7,11,13H,8-10H2,1-2H3,(H,18,20,23). The summed E-state index contributed by atoms with van der Waals surface area (Å²) in [5.41, 5.74) is 1.15. The second-order valence-corrected chi connectivity index (χ2v) is 7.26. The Morgan fingerprint density at radius 2 is 2.08 bits per heavy atom. The first-order valence-electron chi connectivity index (χ1n) is 7.99. The molecule has 1 aromatic heterocycles. The summed E-state index contributed by atoms with van der Waals surface area (Å²) in [5, 5.41) is 12.3. The van der Waals surface area contributed by atoms with Gasteiger partial charge in [-0.25, -0.2) is 0 Å². The van der Waals surface area contributed by atoms with Crippen LogP contribution in [0.4, 0.5) is 5.13 Å².